The zero-order chi connectivity index (χ0) is 15.7. The lowest BCUT2D eigenvalue weighted by atomic mass is 10.2. The molecule has 112 valence electrons. The summed E-state index contributed by atoms with van der Waals surface area (Å²) >= 11 is 7.52. The maximum absolute atomic E-state index is 12.7. The third-order valence-electron chi connectivity index (χ3n) is 3.12. The first-order valence-electron chi connectivity index (χ1n) is 6.67. The van der Waals surface area contributed by atoms with Crippen molar-refractivity contribution in [3.05, 3.63) is 63.1 Å². The second kappa shape index (κ2) is 5.99. The van der Waals surface area contributed by atoms with E-state index in [0.717, 1.165) is 9.75 Å². The highest BCUT2D eigenvalue weighted by molar-refractivity contribution is 7.15. The van der Waals surface area contributed by atoms with Crippen LogP contribution in [0.4, 0.5) is 0 Å². The summed E-state index contributed by atoms with van der Waals surface area (Å²) in [5.41, 5.74) is 0.257. The van der Waals surface area contributed by atoms with Gasteiger partial charge in [0.25, 0.3) is 0 Å². The average molecular weight is 333 g/mol. The molecule has 0 saturated carbocycles. The predicted octanol–water partition coefficient (Wildman–Crippen LogP) is 5.05. The number of halogens is 1. The minimum Gasteiger partial charge on any atom is -0.482 e. The Morgan fingerprint density at radius 2 is 2.18 bits per heavy atom. The summed E-state index contributed by atoms with van der Waals surface area (Å²) in [5.74, 6) is 0.635. The quantitative estimate of drug-likeness (QED) is 0.628. The van der Waals surface area contributed by atoms with E-state index in [1.165, 1.54) is 0 Å². The van der Waals surface area contributed by atoms with Gasteiger partial charge in [-0.25, -0.2) is 0 Å². The lowest BCUT2D eigenvalue weighted by molar-refractivity contribution is 0.352. The van der Waals surface area contributed by atoms with Crippen LogP contribution >= 0.6 is 22.9 Å². The Labute approximate surface area is 136 Å². The minimum absolute atomic E-state index is 0.191. The van der Waals surface area contributed by atoms with Gasteiger partial charge >= 0.3 is 0 Å². The fourth-order valence-corrected chi connectivity index (χ4v) is 3.16. The first kappa shape index (κ1) is 14.9. The van der Waals surface area contributed by atoms with Gasteiger partial charge in [-0.05, 0) is 37.3 Å². The second-order valence-corrected chi connectivity index (χ2v) is 6.46. The number of hydrogen-bond acceptors (Lipinski definition) is 4. The highest BCUT2D eigenvalue weighted by Crippen LogP contribution is 2.35. The molecule has 0 spiro atoms. The summed E-state index contributed by atoms with van der Waals surface area (Å²) in [6, 6.07) is 8.87. The Morgan fingerprint density at radius 1 is 1.36 bits per heavy atom. The first-order chi connectivity index (χ1) is 10.6. The fourth-order valence-electron chi connectivity index (χ4n) is 2.14. The van der Waals surface area contributed by atoms with E-state index in [9.17, 15) is 4.79 Å². The third-order valence-corrected chi connectivity index (χ3v) is 4.35. The van der Waals surface area contributed by atoms with Crippen LogP contribution in [0.5, 0.6) is 5.75 Å². The van der Waals surface area contributed by atoms with Crippen LogP contribution in [0.3, 0.4) is 0 Å². The van der Waals surface area contributed by atoms with Crippen molar-refractivity contribution >= 4 is 33.9 Å². The number of aryl methyl sites for hydroxylation is 1. The largest absolute Gasteiger partial charge is 0.482 e. The smallest absolute Gasteiger partial charge is 0.235 e. The molecular formula is C17H13ClO3S. The second-order valence-electron chi connectivity index (χ2n) is 4.74. The molecule has 0 atom stereocenters. The van der Waals surface area contributed by atoms with Crippen molar-refractivity contribution in [2.24, 2.45) is 0 Å². The monoisotopic (exact) mass is 332 g/mol. The van der Waals surface area contributed by atoms with Crippen LogP contribution in [0.15, 0.2) is 52.2 Å². The van der Waals surface area contributed by atoms with Gasteiger partial charge < -0.3 is 9.15 Å². The van der Waals surface area contributed by atoms with Crippen molar-refractivity contribution in [1.29, 1.82) is 0 Å². The number of benzene rings is 1. The van der Waals surface area contributed by atoms with Gasteiger partial charge in [-0.3, -0.25) is 4.79 Å². The van der Waals surface area contributed by atoms with Crippen LogP contribution in [0, 0.1) is 6.92 Å². The molecule has 0 aliphatic carbocycles. The van der Waals surface area contributed by atoms with Gasteiger partial charge in [-0.1, -0.05) is 24.3 Å². The molecule has 5 heteroatoms. The van der Waals surface area contributed by atoms with Crippen LogP contribution in [0.2, 0.25) is 5.02 Å². The molecule has 2 aromatic heterocycles. The lowest BCUT2D eigenvalue weighted by Gasteiger charge is -2.09. The van der Waals surface area contributed by atoms with E-state index in [0.29, 0.717) is 21.8 Å². The van der Waals surface area contributed by atoms with Crippen LogP contribution in [0.1, 0.15) is 4.88 Å². The lowest BCUT2D eigenvalue weighted by Crippen LogP contribution is -2.10. The van der Waals surface area contributed by atoms with E-state index in [1.807, 2.05) is 19.1 Å². The number of fused-ring (bicyclic) bond motifs is 1. The number of rotatable bonds is 4. The summed E-state index contributed by atoms with van der Waals surface area (Å²) in [7, 11) is 0. The summed E-state index contributed by atoms with van der Waals surface area (Å²) in [5, 5.41) is 0.887. The van der Waals surface area contributed by atoms with Gasteiger partial charge in [0.1, 0.15) is 12.2 Å². The molecule has 0 saturated heterocycles. The van der Waals surface area contributed by atoms with E-state index in [-0.39, 0.29) is 17.8 Å². The van der Waals surface area contributed by atoms with Gasteiger partial charge in [0, 0.05) is 9.90 Å². The maximum Gasteiger partial charge on any atom is 0.235 e. The molecule has 0 unspecified atom stereocenters. The van der Waals surface area contributed by atoms with Crippen LogP contribution in [-0.2, 0) is 0 Å². The number of thiophene rings is 1. The molecule has 0 radical (unpaired) electrons. The minimum atomic E-state index is -0.230. The van der Waals surface area contributed by atoms with Crippen molar-refractivity contribution in [3.8, 4) is 16.4 Å². The SMILES string of the molecule is C=CCOc1c(-c2ccc(C)s2)oc2ccc(Cl)cc2c1=O. The average Bonchev–Trinajstić information content (AvgIpc) is 2.93. The van der Waals surface area contributed by atoms with E-state index in [1.54, 1.807) is 35.6 Å². The molecule has 3 nitrogen and oxygen atoms in total. The molecule has 1 aromatic carbocycles. The van der Waals surface area contributed by atoms with Gasteiger partial charge in [0.15, 0.2) is 5.76 Å². The summed E-state index contributed by atoms with van der Waals surface area (Å²) < 4.78 is 11.5. The Balaban J connectivity index is 2.31. The first-order valence-corrected chi connectivity index (χ1v) is 7.86. The molecule has 0 bridgehead atoms. The van der Waals surface area contributed by atoms with Gasteiger partial charge in [-0.15, -0.1) is 11.3 Å². The molecule has 0 fully saturated rings. The normalized spacial score (nSPS) is 10.8. The molecule has 22 heavy (non-hydrogen) atoms. The van der Waals surface area contributed by atoms with Crippen molar-refractivity contribution < 1.29 is 9.15 Å². The van der Waals surface area contributed by atoms with Crippen molar-refractivity contribution in [3.63, 3.8) is 0 Å². The highest BCUT2D eigenvalue weighted by Gasteiger charge is 2.18. The summed E-state index contributed by atoms with van der Waals surface area (Å²) in [6.45, 7) is 5.84. The molecular weight excluding hydrogens is 320 g/mol. The predicted molar refractivity (Wildman–Crippen MR) is 91.2 cm³/mol. The zero-order valence-corrected chi connectivity index (χ0v) is 13.5. The van der Waals surface area contributed by atoms with E-state index < -0.39 is 0 Å². The molecule has 3 rings (SSSR count). The standard InChI is InChI=1S/C17H13ClO3S/c1-3-8-20-17-15(19)12-9-11(18)5-6-13(12)21-16(17)14-7-4-10(2)22-14/h3-7,9H,1,8H2,2H3. The van der Waals surface area contributed by atoms with Crippen molar-refractivity contribution in [2.45, 2.75) is 6.92 Å². The summed E-state index contributed by atoms with van der Waals surface area (Å²) in [6.07, 6.45) is 1.59. The van der Waals surface area contributed by atoms with Crippen LogP contribution in [-0.4, -0.2) is 6.61 Å². The fraction of sp³-hybridized carbons (Fsp3) is 0.118. The zero-order valence-electron chi connectivity index (χ0n) is 11.9. The molecule has 3 aromatic rings. The van der Waals surface area contributed by atoms with E-state index in [2.05, 4.69) is 6.58 Å². The highest BCUT2D eigenvalue weighted by atomic mass is 35.5. The summed E-state index contributed by atoms with van der Waals surface area (Å²) in [4.78, 5) is 14.7. The molecule has 0 aliphatic rings. The van der Waals surface area contributed by atoms with Gasteiger partial charge in [-0.2, -0.15) is 0 Å². The number of ether oxygens (including phenoxy) is 1. The Morgan fingerprint density at radius 3 is 2.86 bits per heavy atom. The Kier molecular flexibility index (Phi) is 4.05. The molecule has 0 aliphatic heterocycles. The van der Waals surface area contributed by atoms with Crippen molar-refractivity contribution in [2.75, 3.05) is 6.61 Å². The third kappa shape index (κ3) is 2.67. The number of hydrogen-bond donors (Lipinski definition) is 0. The molecule has 0 amide bonds. The van der Waals surface area contributed by atoms with E-state index >= 15 is 0 Å². The van der Waals surface area contributed by atoms with Crippen LogP contribution in [0.25, 0.3) is 21.6 Å². The topological polar surface area (TPSA) is 39.4 Å². The molecule has 2 heterocycles. The van der Waals surface area contributed by atoms with Gasteiger partial charge in [0.2, 0.25) is 11.2 Å². The van der Waals surface area contributed by atoms with Crippen LogP contribution < -0.4 is 10.2 Å². The Bertz CT molecular complexity index is 908. The van der Waals surface area contributed by atoms with Gasteiger partial charge in [0.05, 0.1) is 10.3 Å². The van der Waals surface area contributed by atoms with Crippen molar-refractivity contribution in [1.82, 2.24) is 0 Å². The molecule has 0 N–H and O–H groups in total. The van der Waals surface area contributed by atoms with E-state index in [4.69, 9.17) is 20.8 Å². The maximum atomic E-state index is 12.7. The Hall–Kier alpha value is -2.04.